The van der Waals surface area contributed by atoms with Crippen LogP contribution in [-0.4, -0.2) is 52.8 Å². The Morgan fingerprint density at radius 1 is 0.926 bits per heavy atom. The molecule has 0 unspecified atom stereocenters. The average molecular weight is 398 g/mol. The molecular formula is C20H19N3O2S2. The first-order valence-corrected chi connectivity index (χ1v) is 10.6. The lowest BCUT2D eigenvalue weighted by Gasteiger charge is -2.34. The number of rotatable bonds is 4. The van der Waals surface area contributed by atoms with E-state index < -0.39 is 0 Å². The summed E-state index contributed by atoms with van der Waals surface area (Å²) in [6.07, 6.45) is 0.314. The van der Waals surface area contributed by atoms with Gasteiger partial charge >= 0.3 is 0 Å². The third-order valence-electron chi connectivity index (χ3n) is 4.56. The van der Waals surface area contributed by atoms with Gasteiger partial charge in [-0.2, -0.15) is 0 Å². The van der Waals surface area contributed by atoms with Crippen LogP contribution in [0.4, 0.5) is 0 Å². The molecule has 0 atom stereocenters. The number of benzene rings is 1. The number of hydrogen-bond donors (Lipinski definition) is 0. The van der Waals surface area contributed by atoms with Crippen molar-refractivity contribution in [3.05, 3.63) is 64.5 Å². The lowest BCUT2D eigenvalue weighted by Crippen LogP contribution is -2.51. The molecule has 4 rings (SSSR count). The molecule has 1 aliphatic rings. The van der Waals surface area contributed by atoms with Crippen molar-refractivity contribution in [1.29, 1.82) is 0 Å². The summed E-state index contributed by atoms with van der Waals surface area (Å²) in [7, 11) is 0. The summed E-state index contributed by atoms with van der Waals surface area (Å²) < 4.78 is 0. The summed E-state index contributed by atoms with van der Waals surface area (Å²) in [4.78, 5) is 34.5. The normalized spacial score (nSPS) is 14.4. The minimum Gasteiger partial charge on any atom is -0.339 e. The molecule has 0 aliphatic carbocycles. The first kappa shape index (κ1) is 17.9. The molecule has 27 heavy (non-hydrogen) atoms. The van der Waals surface area contributed by atoms with Gasteiger partial charge in [-0.05, 0) is 23.6 Å². The van der Waals surface area contributed by atoms with Gasteiger partial charge in [0.2, 0.25) is 5.91 Å². The predicted octanol–water partition coefficient (Wildman–Crippen LogP) is 3.40. The largest absolute Gasteiger partial charge is 0.339 e. The Morgan fingerprint density at radius 2 is 1.67 bits per heavy atom. The molecule has 0 spiro atoms. The third-order valence-corrected chi connectivity index (χ3v) is 6.49. The van der Waals surface area contributed by atoms with Gasteiger partial charge in [0.1, 0.15) is 5.01 Å². The van der Waals surface area contributed by atoms with Gasteiger partial charge in [0.05, 0.1) is 17.0 Å². The van der Waals surface area contributed by atoms with Crippen LogP contribution in [0, 0.1) is 0 Å². The first-order valence-electron chi connectivity index (χ1n) is 8.81. The second-order valence-corrected chi connectivity index (χ2v) is 8.14. The molecule has 7 heteroatoms. The van der Waals surface area contributed by atoms with Crippen LogP contribution in [0.2, 0.25) is 0 Å². The average Bonchev–Trinajstić information content (AvgIpc) is 3.40. The Hall–Kier alpha value is -2.51. The number of carbonyl (C=O) groups excluding carboxylic acids is 2. The molecule has 1 saturated heterocycles. The topological polar surface area (TPSA) is 53.5 Å². The van der Waals surface area contributed by atoms with E-state index in [0.717, 1.165) is 15.6 Å². The van der Waals surface area contributed by atoms with E-state index in [2.05, 4.69) is 4.98 Å². The molecule has 3 aromatic rings. The highest BCUT2D eigenvalue weighted by Crippen LogP contribution is 2.28. The molecule has 0 radical (unpaired) electrons. The van der Waals surface area contributed by atoms with Gasteiger partial charge < -0.3 is 9.80 Å². The van der Waals surface area contributed by atoms with Gasteiger partial charge in [0.25, 0.3) is 5.91 Å². The predicted molar refractivity (Wildman–Crippen MR) is 108 cm³/mol. The molecule has 138 valence electrons. The second-order valence-electron chi connectivity index (χ2n) is 6.34. The van der Waals surface area contributed by atoms with E-state index in [1.807, 2.05) is 63.0 Å². The van der Waals surface area contributed by atoms with Crippen molar-refractivity contribution in [2.45, 2.75) is 6.42 Å². The number of amides is 2. The molecule has 0 N–H and O–H groups in total. The van der Waals surface area contributed by atoms with Gasteiger partial charge in [0.15, 0.2) is 0 Å². The molecule has 1 aliphatic heterocycles. The van der Waals surface area contributed by atoms with Crippen LogP contribution in [0.1, 0.15) is 16.1 Å². The van der Waals surface area contributed by atoms with E-state index >= 15 is 0 Å². The summed E-state index contributed by atoms with van der Waals surface area (Å²) in [5.41, 5.74) is 1.51. The van der Waals surface area contributed by atoms with Gasteiger partial charge in [-0.3, -0.25) is 9.59 Å². The zero-order valence-electron chi connectivity index (χ0n) is 14.7. The first-order chi connectivity index (χ1) is 13.2. The van der Waals surface area contributed by atoms with Gasteiger partial charge in [0, 0.05) is 37.1 Å². The number of hydrogen-bond acceptors (Lipinski definition) is 5. The number of piperazine rings is 1. The Balaban J connectivity index is 1.32. The zero-order chi connectivity index (χ0) is 18.6. The molecule has 5 nitrogen and oxygen atoms in total. The maximum atomic E-state index is 12.6. The molecule has 3 heterocycles. The zero-order valence-corrected chi connectivity index (χ0v) is 16.3. The van der Waals surface area contributed by atoms with Crippen molar-refractivity contribution < 1.29 is 9.59 Å². The Morgan fingerprint density at radius 3 is 2.37 bits per heavy atom. The van der Waals surface area contributed by atoms with Crippen molar-refractivity contribution in [2.24, 2.45) is 0 Å². The fourth-order valence-electron chi connectivity index (χ4n) is 3.09. The Bertz CT molecular complexity index is 914. The number of thiazole rings is 1. The van der Waals surface area contributed by atoms with Crippen LogP contribution in [0.5, 0.6) is 0 Å². The third kappa shape index (κ3) is 4.09. The van der Waals surface area contributed by atoms with Crippen LogP contribution in [0.3, 0.4) is 0 Å². The lowest BCUT2D eigenvalue weighted by molar-refractivity contribution is -0.132. The SMILES string of the molecule is O=C(Cc1csc(-c2cccs2)n1)N1CCN(C(=O)c2ccccc2)CC1. The summed E-state index contributed by atoms with van der Waals surface area (Å²) in [6, 6.07) is 13.3. The summed E-state index contributed by atoms with van der Waals surface area (Å²) in [5, 5.41) is 4.95. The van der Waals surface area contributed by atoms with Crippen molar-refractivity contribution in [1.82, 2.24) is 14.8 Å². The standard InChI is InChI=1S/C20H19N3O2S2/c24-18(13-16-14-27-19(21-16)17-7-4-12-26-17)22-8-10-23(11-9-22)20(25)15-5-2-1-3-6-15/h1-7,12,14H,8-11,13H2. The number of thiophene rings is 1. The molecule has 0 bridgehead atoms. The molecule has 0 saturated carbocycles. The molecule has 1 aromatic carbocycles. The van der Waals surface area contributed by atoms with Crippen LogP contribution in [-0.2, 0) is 11.2 Å². The summed E-state index contributed by atoms with van der Waals surface area (Å²) in [6.45, 7) is 2.27. The molecular weight excluding hydrogens is 378 g/mol. The lowest BCUT2D eigenvalue weighted by atomic mass is 10.2. The van der Waals surface area contributed by atoms with Crippen LogP contribution < -0.4 is 0 Å². The minimum absolute atomic E-state index is 0.0304. The number of carbonyl (C=O) groups is 2. The van der Waals surface area contributed by atoms with E-state index in [4.69, 9.17) is 0 Å². The highest BCUT2D eigenvalue weighted by atomic mass is 32.1. The van der Waals surface area contributed by atoms with Crippen LogP contribution in [0.25, 0.3) is 9.88 Å². The van der Waals surface area contributed by atoms with E-state index in [-0.39, 0.29) is 11.8 Å². The van der Waals surface area contributed by atoms with Crippen molar-refractivity contribution in [3.63, 3.8) is 0 Å². The van der Waals surface area contributed by atoms with Gasteiger partial charge in [-0.1, -0.05) is 24.3 Å². The van der Waals surface area contributed by atoms with Crippen LogP contribution >= 0.6 is 22.7 Å². The molecule has 2 aromatic heterocycles. The van der Waals surface area contributed by atoms with E-state index in [1.54, 1.807) is 22.7 Å². The smallest absolute Gasteiger partial charge is 0.253 e. The van der Waals surface area contributed by atoms with E-state index in [9.17, 15) is 9.59 Å². The number of aromatic nitrogens is 1. The van der Waals surface area contributed by atoms with E-state index in [0.29, 0.717) is 38.2 Å². The van der Waals surface area contributed by atoms with Crippen molar-refractivity contribution in [2.75, 3.05) is 26.2 Å². The highest BCUT2D eigenvalue weighted by Gasteiger charge is 2.25. The number of nitrogens with zero attached hydrogens (tertiary/aromatic N) is 3. The fourth-order valence-corrected chi connectivity index (χ4v) is 4.72. The maximum Gasteiger partial charge on any atom is 0.253 e. The van der Waals surface area contributed by atoms with Crippen LogP contribution in [0.15, 0.2) is 53.2 Å². The van der Waals surface area contributed by atoms with Gasteiger partial charge in [-0.15, -0.1) is 22.7 Å². The second kappa shape index (κ2) is 8.02. The van der Waals surface area contributed by atoms with E-state index in [1.165, 1.54) is 0 Å². The molecule has 1 fully saturated rings. The minimum atomic E-state index is 0.0304. The monoisotopic (exact) mass is 397 g/mol. The maximum absolute atomic E-state index is 12.6. The Labute approximate surface area is 165 Å². The molecule has 2 amide bonds. The summed E-state index contributed by atoms with van der Waals surface area (Å²) in [5.74, 6) is 0.104. The fraction of sp³-hybridized carbons (Fsp3) is 0.250. The van der Waals surface area contributed by atoms with Crippen molar-refractivity contribution in [3.8, 4) is 9.88 Å². The summed E-state index contributed by atoms with van der Waals surface area (Å²) >= 11 is 3.23. The van der Waals surface area contributed by atoms with Gasteiger partial charge in [-0.25, -0.2) is 4.98 Å². The van der Waals surface area contributed by atoms with Crippen molar-refractivity contribution >= 4 is 34.5 Å². The quantitative estimate of drug-likeness (QED) is 0.678. The highest BCUT2D eigenvalue weighted by molar-refractivity contribution is 7.20. The Kier molecular flexibility index (Phi) is 5.31.